The largest absolute Gasteiger partial charge is 0.372 e. The Morgan fingerprint density at radius 1 is 0.857 bits per heavy atom. The Hall–Kier alpha value is -2.44. The van der Waals surface area contributed by atoms with Crippen LogP contribution in [0.3, 0.4) is 0 Å². The number of carbonyl (C=O) groups is 1. The Balaban J connectivity index is 1.57. The minimum Gasteiger partial charge on any atom is -0.372 e. The SMILES string of the molecule is CC1C(=O)N(c2ccccc2)C(=S)N1c1ccc(N2C[C@H](C)O[C@@H](C)C2)cc1. The van der Waals surface area contributed by atoms with Crippen molar-refractivity contribution in [3.8, 4) is 0 Å². The van der Waals surface area contributed by atoms with E-state index in [9.17, 15) is 4.79 Å². The van der Waals surface area contributed by atoms with Gasteiger partial charge in [-0.2, -0.15) is 0 Å². The molecule has 0 bridgehead atoms. The summed E-state index contributed by atoms with van der Waals surface area (Å²) >= 11 is 5.67. The average molecular weight is 396 g/mol. The molecule has 5 nitrogen and oxygen atoms in total. The molecule has 2 aliphatic heterocycles. The van der Waals surface area contributed by atoms with Gasteiger partial charge in [0.25, 0.3) is 5.91 Å². The second-order valence-corrected chi connectivity index (χ2v) is 7.88. The fraction of sp³-hybridized carbons (Fsp3) is 0.364. The summed E-state index contributed by atoms with van der Waals surface area (Å²) < 4.78 is 5.83. The Morgan fingerprint density at radius 3 is 2.04 bits per heavy atom. The number of para-hydroxylation sites is 1. The van der Waals surface area contributed by atoms with E-state index in [2.05, 4.69) is 30.9 Å². The summed E-state index contributed by atoms with van der Waals surface area (Å²) in [7, 11) is 0. The van der Waals surface area contributed by atoms with Crippen molar-refractivity contribution in [3.05, 3.63) is 54.6 Å². The first kappa shape index (κ1) is 18.9. The molecule has 2 heterocycles. The third kappa shape index (κ3) is 3.38. The Bertz CT molecular complexity index is 861. The molecule has 1 unspecified atom stereocenters. The normalized spacial score (nSPS) is 25.5. The van der Waals surface area contributed by atoms with E-state index in [0.29, 0.717) is 5.11 Å². The molecule has 0 aromatic heterocycles. The topological polar surface area (TPSA) is 36.0 Å². The molecule has 2 fully saturated rings. The van der Waals surface area contributed by atoms with Gasteiger partial charge in [-0.25, -0.2) is 0 Å². The molecular weight excluding hydrogens is 370 g/mol. The predicted octanol–water partition coefficient (Wildman–Crippen LogP) is 3.83. The molecule has 6 heteroatoms. The smallest absolute Gasteiger partial charge is 0.256 e. The van der Waals surface area contributed by atoms with Crippen LogP contribution in [0.5, 0.6) is 0 Å². The predicted molar refractivity (Wildman–Crippen MR) is 117 cm³/mol. The van der Waals surface area contributed by atoms with Gasteiger partial charge in [0.1, 0.15) is 6.04 Å². The molecule has 146 valence electrons. The first-order valence-electron chi connectivity index (χ1n) is 9.68. The van der Waals surface area contributed by atoms with Crippen LogP contribution in [0.4, 0.5) is 17.1 Å². The van der Waals surface area contributed by atoms with Crippen molar-refractivity contribution in [2.75, 3.05) is 27.8 Å². The lowest BCUT2D eigenvalue weighted by Crippen LogP contribution is -2.45. The van der Waals surface area contributed by atoms with Crippen LogP contribution < -0.4 is 14.7 Å². The van der Waals surface area contributed by atoms with E-state index in [1.165, 1.54) is 0 Å². The first-order chi connectivity index (χ1) is 13.5. The number of thiocarbonyl (C=S) groups is 1. The van der Waals surface area contributed by atoms with Crippen LogP contribution in [-0.4, -0.2) is 42.4 Å². The van der Waals surface area contributed by atoms with Gasteiger partial charge in [-0.15, -0.1) is 0 Å². The highest BCUT2D eigenvalue weighted by Gasteiger charge is 2.41. The fourth-order valence-corrected chi connectivity index (χ4v) is 4.49. The third-order valence-corrected chi connectivity index (χ3v) is 5.67. The van der Waals surface area contributed by atoms with Gasteiger partial charge >= 0.3 is 0 Å². The highest BCUT2D eigenvalue weighted by atomic mass is 32.1. The van der Waals surface area contributed by atoms with E-state index in [4.69, 9.17) is 17.0 Å². The maximum Gasteiger partial charge on any atom is 0.256 e. The van der Waals surface area contributed by atoms with Crippen molar-refractivity contribution in [2.45, 2.75) is 39.0 Å². The monoisotopic (exact) mass is 395 g/mol. The molecule has 0 radical (unpaired) electrons. The molecular formula is C22H25N3O2S. The van der Waals surface area contributed by atoms with Crippen molar-refractivity contribution < 1.29 is 9.53 Å². The summed E-state index contributed by atoms with van der Waals surface area (Å²) in [4.78, 5) is 18.8. The fourth-order valence-electron chi connectivity index (χ4n) is 4.03. The van der Waals surface area contributed by atoms with Gasteiger partial charge in [0.2, 0.25) is 0 Å². The van der Waals surface area contributed by atoms with Crippen LogP contribution >= 0.6 is 12.2 Å². The molecule has 0 N–H and O–H groups in total. The third-order valence-electron chi connectivity index (χ3n) is 5.29. The minimum atomic E-state index is -0.331. The van der Waals surface area contributed by atoms with E-state index in [0.717, 1.165) is 30.2 Å². The quantitative estimate of drug-likeness (QED) is 0.739. The number of benzene rings is 2. The van der Waals surface area contributed by atoms with E-state index >= 15 is 0 Å². The van der Waals surface area contributed by atoms with Crippen LogP contribution in [0.15, 0.2) is 54.6 Å². The summed E-state index contributed by atoms with van der Waals surface area (Å²) in [5.74, 6) is -0.00361. The Kier molecular flexibility index (Phi) is 5.08. The number of carbonyl (C=O) groups excluding carboxylic acids is 1. The molecule has 3 atom stereocenters. The highest BCUT2D eigenvalue weighted by molar-refractivity contribution is 7.81. The zero-order valence-corrected chi connectivity index (χ0v) is 17.2. The number of amides is 1. The van der Waals surface area contributed by atoms with E-state index in [-0.39, 0.29) is 24.2 Å². The summed E-state index contributed by atoms with van der Waals surface area (Å²) in [5.41, 5.74) is 2.90. The van der Waals surface area contributed by atoms with Crippen molar-refractivity contribution in [1.29, 1.82) is 0 Å². The second kappa shape index (κ2) is 7.53. The Labute approximate surface area is 171 Å². The molecule has 4 rings (SSSR count). The number of morpholine rings is 1. The number of hydrogen-bond donors (Lipinski definition) is 0. The molecule has 2 aliphatic rings. The van der Waals surface area contributed by atoms with Crippen molar-refractivity contribution in [3.63, 3.8) is 0 Å². The molecule has 2 aromatic rings. The number of rotatable bonds is 3. The van der Waals surface area contributed by atoms with Crippen LogP contribution in [0.25, 0.3) is 0 Å². The van der Waals surface area contributed by atoms with Gasteiger partial charge in [-0.05, 0) is 69.4 Å². The maximum absolute atomic E-state index is 12.9. The summed E-state index contributed by atoms with van der Waals surface area (Å²) in [5, 5.41) is 0.519. The van der Waals surface area contributed by atoms with Crippen molar-refractivity contribution in [1.82, 2.24) is 0 Å². The van der Waals surface area contributed by atoms with Crippen LogP contribution in [-0.2, 0) is 9.53 Å². The first-order valence-corrected chi connectivity index (χ1v) is 10.1. The number of ether oxygens (including phenoxy) is 1. The molecule has 0 saturated carbocycles. The lowest BCUT2D eigenvalue weighted by Gasteiger charge is -2.37. The Morgan fingerprint density at radius 2 is 1.43 bits per heavy atom. The van der Waals surface area contributed by atoms with Gasteiger partial charge in [0, 0.05) is 24.5 Å². The van der Waals surface area contributed by atoms with E-state index in [1.54, 1.807) is 4.90 Å². The van der Waals surface area contributed by atoms with Gasteiger partial charge in [0.15, 0.2) is 5.11 Å². The van der Waals surface area contributed by atoms with Gasteiger partial charge in [-0.1, -0.05) is 18.2 Å². The summed E-state index contributed by atoms with van der Waals surface area (Å²) in [6.07, 6.45) is 0.429. The van der Waals surface area contributed by atoms with Crippen molar-refractivity contribution in [2.24, 2.45) is 0 Å². The highest BCUT2D eigenvalue weighted by Crippen LogP contribution is 2.31. The molecule has 2 aromatic carbocycles. The van der Waals surface area contributed by atoms with Crippen LogP contribution in [0.1, 0.15) is 20.8 Å². The molecule has 0 aliphatic carbocycles. The number of anilines is 3. The van der Waals surface area contributed by atoms with Crippen LogP contribution in [0, 0.1) is 0 Å². The van der Waals surface area contributed by atoms with Crippen LogP contribution in [0.2, 0.25) is 0 Å². The second-order valence-electron chi connectivity index (χ2n) is 7.52. The zero-order chi connectivity index (χ0) is 19.8. The molecule has 2 saturated heterocycles. The minimum absolute atomic E-state index is 0.00361. The number of nitrogens with zero attached hydrogens (tertiary/aromatic N) is 3. The average Bonchev–Trinajstić information content (AvgIpc) is 2.90. The van der Waals surface area contributed by atoms with Gasteiger partial charge < -0.3 is 14.5 Å². The molecule has 28 heavy (non-hydrogen) atoms. The standard InChI is InChI=1S/C22H25N3O2S/c1-15-13-23(14-16(2)27-15)18-9-11-20(12-10-18)24-17(3)21(26)25(22(24)28)19-7-5-4-6-8-19/h4-12,15-17H,13-14H2,1-3H3/t15-,16-,17?/m0/s1. The van der Waals surface area contributed by atoms with Gasteiger partial charge in [-0.3, -0.25) is 9.69 Å². The number of hydrogen-bond acceptors (Lipinski definition) is 4. The lowest BCUT2D eigenvalue weighted by molar-refractivity contribution is -0.117. The summed E-state index contributed by atoms with van der Waals surface area (Å²) in [6, 6.07) is 17.5. The van der Waals surface area contributed by atoms with Crippen molar-refractivity contribution >= 4 is 40.3 Å². The summed E-state index contributed by atoms with van der Waals surface area (Å²) in [6.45, 7) is 7.86. The zero-order valence-electron chi connectivity index (χ0n) is 16.4. The van der Waals surface area contributed by atoms with E-state index < -0.39 is 0 Å². The van der Waals surface area contributed by atoms with E-state index in [1.807, 2.05) is 54.3 Å². The molecule has 0 spiro atoms. The maximum atomic E-state index is 12.9. The lowest BCUT2D eigenvalue weighted by atomic mass is 10.1. The molecule has 1 amide bonds. The van der Waals surface area contributed by atoms with Gasteiger partial charge in [0.05, 0.1) is 17.9 Å².